The summed E-state index contributed by atoms with van der Waals surface area (Å²) in [4.78, 5) is 0. The van der Waals surface area contributed by atoms with E-state index in [4.69, 9.17) is 11.6 Å². The summed E-state index contributed by atoms with van der Waals surface area (Å²) in [5, 5.41) is 0. The molecule has 1 aromatic carbocycles. The van der Waals surface area contributed by atoms with E-state index in [-0.39, 0.29) is 0 Å². The SMILES string of the molecule is Cc1ccc(CCl)c(I)c1C. The third kappa shape index (κ3) is 1.88. The summed E-state index contributed by atoms with van der Waals surface area (Å²) in [5.41, 5.74) is 3.92. The second-order valence-electron chi connectivity index (χ2n) is 2.61. The van der Waals surface area contributed by atoms with E-state index in [1.54, 1.807) is 0 Å². The molecule has 1 rings (SSSR count). The lowest BCUT2D eigenvalue weighted by Crippen LogP contribution is -1.91. The molecule has 0 unspecified atom stereocenters. The Morgan fingerprint density at radius 2 is 2.00 bits per heavy atom. The first-order valence-corrected chi connectivity index (χ1v) is 5.08. The van der Waals surface area contributed by atoms with Crippen molar-refractivity contribution in [3.05, 3.63) is 32.4 Å². The van der Waals surface area contributed by atoms with Crippen LogP contribution in [0, 0.1) is 17.4 Å². The van der Waals surface area contributed by atoms with Crippen LogP contribution >= 0.6 is 34.2 Å². The Kier molecular flexibility index (Phi) is 3.19. The molecule has 0 nitrogen and oxygen atoms in total. The number of rotatable bonds is 1. The molecule has 60 valence electrons. The van der Waals surface area contributed by atoms with Crippen molar-refractivity contribution in [3.63, 3.8) is 0 Å². The molecule has 0 amide bonds. The molecule has 0 fully saturated rings. The molecule has 0 saturated carbocycles. The highest BCUT2D eigenvalue weighted by molar-refractivity contribution is 14.1. The normalized spacial score (nSPS) is 10.2. The molecule has 0 saturated heterocycles. The first-order chi connectivity index (χ1) is 5.16. The molecule has 11 heavy (non-hydrogen) atoms. The molecule has 0 bridgehead atoms. The molecule has 2 heteroatoms. The number of benzene rings is 1. The van der Waals surface area contributed by atoms with Gasteiger partial charge < -0.3 is 0 Å². The number of aryl methyl sites for hydroxylation is 1. The predicted octanol–water partition coefficient (Wildman–Crippen LogP) is 3.65. The molecule has 0 aliphatic carbocycles. The fourth-order valence-corrected chi connectivity index (χ4v) is 2.18. The van der Waals surface area contributed by atoms with Crippen LogP contribution in [-0.4, -0.2) is 0 Å². The minimum atomic E-state index is 0.611. The van der Waals surface area contributed by atoms with Gasteiger partial charge in [-0.1, -0.05) is 12.1 Å². The molecular weight excluding hydrogens is 270 g/mol. The molecule has 0 heterocycles. The Bertz CT molecular complexity index is 269. The summed E-state index contributed by atoms with van der Waals surface area (Å²) >= 11 is 8.10. The largest absolute Gasteiger partial charge is 0.122 e. The van der Waals surface area contributed by atoms with Gasteiger partial charge in [0.05, 0.1) is 0 Å². The second-order valence-corrected chi connectivity index (χ2v) is 3.96. The Balaban J connectivity index is 3.25. The van der Waals surface area contributed by atoms with Crippen LogP contribution < -0.4 is 0 Å². The Labute approximate surface area is 86.1 Å². The van der Waals surface area contributed by atoms with Gasteiger partial charge in [-0.3, -0.25) is 0 Å². The van der Waals surface area contributed by atoms with Crippen molar-refractivity contribution in [3.8, 4) is 0 Å². The maximum atomic E-state index is 5.75. The van der Waals surface area contributed by atoms with Crippen LogP contribution in [0.25, 0.3) is 0 Å². The van der Waals surface area contributed by atoms with Gasteiger partial charge in [-0.05, 0) is 53.1 Å². The van der Waals surface area contributed by atoms with Gasteiger partial charge in [0.25, 0.3) is 0 Å². The number of halogens is 2. The molecule has 1 aromatic rings. The summed E-state index contributed by atoms with van der Waals surface area (Å²) in [6.45, 7) is 4.25. The molecule has 0 spiro atoms. The average molecular weight is 281 g/mol. The number of hydrogen-bond acceptors (Lipinski definition) is 0. The van der Waals surface area contributed by atoms with E-state index in [9.17, 15) is 0 Å². The second kappa shape index (κ2) is 3.76. The maximum absolute atomic E-state index is 5.75. The number of hydrogen-bond donors (Lipinski definition) is 0. The summed E-state index contributed by atoms with van der Waals surface area (Å²) in [7, 11) is 0. The van der Waals surface area contributed by atoms with Crippen LogP contribution in [0.2, 0.25) is 0 Å². The zero-order chi connectivity index (χ0) is 8.43. The highest BCUT2D eigenvalue weighted by Gasteiger charge is 2.02. The van der Waals surface area contributed by atoms with Crippen molar-refractivity contribution in [2.75, 3.05) is 0 Å². The van der Waals surface area contributed by atoms with Gasteiger partial charge in [0.2, 0.25) is 0 Å². The van der Waals surface area contributed by atoms with Crippen LogP contribution in [0.15, 0.2) is 12.1 Å². The van der Waals surface area contributed by atoms with Gasteiger partial charge >= 0.3 is 0 Å². The third-order valence-corrected chi connectivity index (χ3v) is 3.67. The fourth-order valence-electron chi connectivity index (χ4n) is 0.941. The standard InChI is InChI=1S/C9H10ClI/c1-6-3-4-8(5-10)9(11)7(6)2/h3-4H,5H2,1-2H3. The van der Waals surface area contributed by atoms with E-state index in [1.165, 1.54) is 20.3 Å². The third-order valence-electron chi connectivity index (χ3n) is 1.88. The molecule has 0 aromatic heterocycles. The van der Waals surface area contributed by atoms with Crippen molar-refractivity contribution < 1.29 is 0 Å². The van der Waals surface area contributed by atoms with Gasteiger partial charge in [-0.25, -0.2) is 0 Å². The van der Waals surface area contributed by atoms with Crippen molar-refractivity contribution in [2.24, 2.45) is 0 Å². The minimum absolute atomic E-state index is 0.611. The van der Waals surface area contributed by atoms with Crippen LogP contribution in [0.3, 0.4) is 0 Å². The van der Waals surface area contributed by atoms with Gasteiger partial charge in [0.1, 0.15) is 0 Å². The fraction of sp³-hybridized carbons (Fsp3) is 0.333. The van der Waals surface area contributed by atoms with E-state index in [0.717, 1.165) is 0 Å². The quantitative estimate of drug-likeness (QED) is 0.544. The summed E-state index contributed by atoms with van der Waals surface area (Å²) in [6.07, 6.45) is 0. The Morgan fingerprint density at radius 3 is 2.55 bits per heavy atom. The van der Waals surface area contributed by atoms with Gasteiger partial charge in [-0.15, -0.1) is 11.6 Å². The monoisotopic (exact) mass is 280 g/mol. The van der Waals surface area contributed by atoms with Crippen LogP contribution in [0.1, 0.15) is 16.7 Å². The summed E-state index contributed by atoms with van der Waals surface area (Å²) < 4.78 is 1.30. The molecule has 0 aliphatic rings. The lowest BCUT2D eigenvalue weighted by molar-refractivity contribution is 1.25. The van der Waals surface area contributed by atoms with Crippen LogP contribution in [-0.2, 0) is 5.88 Å². The predicted molar refractivity (Wildman–Crippen MR) is 58.2 cm³/mol. The van der Waals surface area contributed by atoms with E-state index in [2.05, 4.69) is 48.6 Å². The molecular formula is C9H10ClI. The van der Waals surface area contributed by atoms with Crippen molar-refractivity contribution >= 4 is 34.2 Å². The Hall–Kier alpha value is 0.240. The van der Waals surface area contributed by atoms with E-state index in [1.807, 2.05) is 0 Å². The molecule has 0 aliphatic heterocycles. The van der Waals surface area contributed by atoms with Crippen molar-refractivity contribution in [1.82, 2.24) is 0 Å². The first kappa shape index (κ1) is 9.33. The van der Waals surface area contributed by atoms with Gasteiger partial charge in [0, 0.05) is 9.45 Å². The number of alkyl halides is 1. The molecule has 0 radical (unpaired) electrons. The van der Waals surface area contributed by atoms with E-state index in [0.29, 0.717) is 5.88 Å². The summed E-state index contributed by atoms with van der Waals surface area (Å²) in [5.74, 6) is 0.611. The van der Waals surface area contributed by atoms with Gasteiger partial charge in [0.15, 0.2) is 0 Å². The first-order valence-electron chi connectivity index (χ1n) is 3.47. The maximum Gasteiger partial charge on any atom is 0.0484 e. The smallest absolute Gasteiger partial charge is 0.0484 e. The molecule has 0 N–H and O–H groups in total. The average Bonchev–Trinajstić information content (AvgIpc) is 2.01. The topological polar surface area (TPSA) is 0 Å². The highest BCUT2D eigenvalue weighted by atomic mass is 127. The van der Waals surface area contributed by atoms with E-state index >= 15 is 0 Å². The van der Waals surface area contributed by atoms with Crippen molar-refractivity contribution in [2.45, 2.75) is 19.7 Å². The lowest BCUT2D eigenvalue weighted by atomic mass is 10.1. The van der Waals surface area contributed by atoms with Crippen LogP contribution in [0.5, 0.6) is 0 Å². The Morgan fingerprint density at radius 1 is 1.36 bits per heavy atom. The minimum Gasteiger partial charge on any atom is -0.122 e. The lowest BCUT2D eigenvalue weighted by Gasteiger charge is -2.06. The highest BCUT2D eigenvalue weighted by Crippen LogP contribution is 2.21. The van der Waals surface area contributed by atoms with Gasteiger partial charge in [-0.2, -0.15) is 0 Å². The van der Waals surface area contributed by atoms with Crippen LogP contribution in [0.4, 0.5) is 0 Å². The zero-order valence-electron chi connectivity index (χ0n) is 6.62. The summed E-state index contributed by atoms with van der Waals surface area (Å²) in [6, 6.07) is 4.21. The zero-order valence-corrected chi connectivity index (χ0v) is 9.53. The van der Waals surface area contributed by atoms with E-state index < -0.39 is 0 Å². The van der Waals surface area contributed by atoms with Crippen molar-refractivity contribution in [1.29, 1.82) is 0 Å². The molecule has 0 atom stereocenters.